The zero-order valence-electron chi connectivity index (χ0n) is 29.0. The smallest absolute Gasteiger partial charge is 0.303 e. The van der Waals surface area contributed by atoms with E-state index in [-0.39, 0.29) is 49.8 Å². The van der Waals surface area contributed by atoms with Gasteiger partial charge in [-0.05, 0) is 87.3 Å². The van der Waals surface area contributed by atoms with Crippen LogP contribution in [-0.4, -0.2) is 73.7 Å². The number of amides is 3. The van der Waals surface area contributed by atoms with Gasteiger partial charge in [-0.1, -0.05) is 53.9 Å². The number of hydrogen-bond donors (Lipinski definition) is 5. The highest BCUT2D eigenvalue weighted by molar-refractivity contribution is 5.79. The molecule has 5 N–H and O–H groups in total. The molecule has 0 bridgehead atoms. The van der Waals surface area contributed by atoms with Crippen LogP contribution in [0.3, 0.4) is 0 Å². The molecule has 0 aliphatic rings. The van der Waals surface area contributed by atoms with Gasteiger partial charge in [-0.15, -0.1) is 0 Å². The van der Waals surface area contributed by atoms with E-state index in [0.717, 1.165) is 38.5 Å². The summed E-state index contributed by atoms with van der Waals surface area (Å²) >= 11 is 0. The molecule has 3 amide bonds. The normalized spacial score (nSPS) is 11.6. The molecule has 276 valence electrons. The van der Waals surface area contributed by atoms with Crippen molar-refractivity contribution in [1.29, 1.82) is 0 Å². The molecule has 0 saturated carbocycles. The van der Waals surface area contributed by atoms with Crippen LogP contribution in [0, 0.1) is 0 Å². The maximum absolute atomic E-state index is 13.3. The number of azide groups is 3. The predicted molar refractivity (Wildman–Crippen MR) is 187 cm³/mol. The Hall–Kier alpha value is -4.23. The summed E-state index contributed by atoms with van der Waals surface area (Å²) in [5.41, 5.74) is 24.4. The van der Waals surface area contributed by atoms with Gasteiger partial charge < -0.3 is 21.1 Å². The van der Waals surface area contributed by atoms with Crippen molar-refractivity contribution in [3.05, 3.63) is 31.3 Å². The zero-order chi connectivity index (χ0) is 36.3. The number of carboxylic acid groups (broad SMARTS) is 1. The average molecular weight is 692 g/mol. The number of carbonyl (C=O) groups is 4. The molecule has 0 fully saturated rings. The number of rotatable bonds is 34. The van der Waals surface area contributed by atoms with Crippen LogP contribution in [0.1, 0.15) is 128 Å². The second kappa shape index (κ2) is 32.3. The molecule has 0 aromatic rings. The van der Waals surface area contributed by atoms with Crippen molar-refractivity contribution in [3.8, 4) is 0 Å². The molecular weight excluding hydrogens is 634 g/mol. The van der Waals surface area contributed by atoms with Crippen LogP contribution in [0.4, 0.5) is 0 Å². The van der Waals surface area contributed by atoms with Crippen LogP contribution in [0.5, 0.6) is 0 Å². The Bertz CT molecular complexity index is 1040. The van der Waals surface area contributed by atoms with E-state index in [4.69, 9.17) is 21.7 Å². The monoisotopic (exact) mass is 691 g/mol. The first-order chi connectivity index (χ1) is 23.8. The van der Waals surface area contributed by atoms with Crippen LogP contribution in [0.15, 0.2) is 15.3 Å². The second-order valence-corrected chi connectivity index (χ2v) is 12.0. The molecule has 0 spiro atoms. The van der Waals surface area contributed by atoms with Gasteiger partial charge in [-0.3, -0.25) is 24.5 Å². The fourth-order valence-electron chi connectivity index (χ4n) is 5.09. The fraction of sp³-hybridized carbons (Fsp3) is 0.871. The Morgan fingerprint density at radius 1 is 0.510 bits per heavy atom. The van der Waals surface area contributed by atoms with Crippen molar-refractivity contribution < 1.29 is 24.3 Å². The van der Waals surface area contributed by atoms with Gasteiger partial charge in [0.1, 0.15) is 0 Å². The minimum Gasteiger partial charge on any atom is -0.481 e. The van der Waals surface area contributed by atoms with Crippen molar-refractivity contribution in [1.82, 2.24) is 21.3 Å². The van der Waals surface area contributed by atoms with E-state index >= 15 is 0 Å². The van der Waals surface area contributed by atoms with E-state index in [1.54, 1.807) is 0 Å². The maximum atomic E-state index is 13.3. The van der Waals surface area contributed by atoms with Gasteiger partial charge in [-0.2, -0.15) is 0 Å². The van der Waals surface area contributed by atoms with Gasteiger partial charge in [0.05, 0.1) is 5.66 Å². The number of nitrogens with zero attached hydrogens (tertiary/aromatic N) is 9. The van der Waals surface area contributed by atoms with E-state index in [1.165, 1.54) is 0 Å². The topological polar surface area (TPSA) is 283 Å². The highest BCUT2D eigenvalue weighted by Crippen LogP contribution is 2.19. The number of unbranched alkanes of at least 4 members (excludes halogenated alkanes) is 10. The Balaban J connectivity index is 5.29. The zero-order valence-corrected chi connectivity index (χ0v) is 29.0. The van der Waals surface area contributed by atoms with Crippen molar-refractivity contribution in [2.45, 2.75) is 134 Å². The number of carboxylic acids is 1. The second-order valence-electron chi connectivity index (χ2n) is 12.0. The van der Waals surface area contributed by atoms with Crippen LogP contribution < -0.4 is 21.3 Å². The van der Waals surface area contributed by atoms with Gasteiger partial charge in [-0.25, -0.2) is 0 Å². The molecule has 0 aromatic carbocycles. The van der Waals surface area contributed by atoms with Gasteiger partial charge in [0.15, 0.2) is 0 Å². The minimum absolute atomic E-state index is 0.107. The molecule has 0 radical (unpaired) electrons. The lowest BCUT2D eigenvalue weighted by atomic mass is 9.95. The molecule has 49 heavy (non-hydrogen) atoms. The van der Waals surface area contributed by atoms with Gasteiger partial charge >= 0.3 is 5.97 Å². The third kappa shape index (κ3) is 29.6. The molecule has 18 heteroatoms. The largest absolute Gasteiger partial charge is 0.481 e. The van der Waals surface area contributed by atoms with E-state index in [9.17, 15) is 19.2 Å². The first kappa shape index (κ1) is 44.8. The van der Waals surface area contributed by atoms with Crippen molar-refractivity contribution in [2.24, 2.45) is 15.3 Å². The number of aliphatic carboxylic acids is 1. The van der Waals surface area contributed by atoms with E-state index in [0.29, 0.717) is 97.1 Å². The molecule has 0 aliphatic heterocycles. The Morgan fingerprint density at radius 3 is 1.35 bits per heavy atom. The molecule has 18 nitrogen and oxygen atoms in total. The maximum Gasteiger partial charge on any atom is 0.303 e. The van der Waals surface area contributed by atoms with Crippen LogP contribution in [0.2, 0.25) is 0 Å². The van der Waals surface area contributed by atoms with E-state index < -0.39 is 11.6 Å². The van der Waals surface area contributed by atoms with Gasteiger partial charge in [0, 0.05) is 73.1 Å². The lowest BCUT2D eigenvalue weighted by Gasteiger charge is -2.36. The molecule has 0 saturated heterocycles. The first-order valence-corrected chi connectivity index (χ1v) is 17.6. The number of hydrogen-bond acceptors (Lipinski definition) is 8. The highest BCUT2D eigenvalue weighted by atomic mass is 16.4. The van der Waals surface area contributed by atoms with Crippen LogP contribution in [-0.2, 0) is 19.2 Å². The lowest BCUT2D eigenvalue weighted by molar-refractivity contribution is -0.137. The average Bonchev–Trinajstić information content (AvgIpc) is 3.08. The number of carbonyl (C=O) groups excluding carboxylic acids is 3. The van der Waals surface area contributed by atoms with E-state index in [2.05, 4.69) is 51.3 Å². The molecule has 0 heterocycles. The fourth-order valence-corrected chi connectivity index (χ4v) is 5.09. The molecule has 0 atom stereocenters. The summed E-state index contributed by atoms with van der Waals surface area (Å²) in [6.45, 7) is 2.37. The highest BCUT2D eigenvalue weighted by Gasteiger charge is 2.32. The quantitative estimate of drug-likeness (QED) is 0.0166. The third-order valence-electron chi connectivity index (χ3n) is 7.83. The van der Waals surface area contributed by atoms with Crippen molar-refractivity contribution in [3.63, 3.8) is 0 Å². The SMILES string of the molecule is [N-]=[N+]=NCCCCNC(=O)CCC(CCC(=O)NCCCCN=[N+]=[N-])(NCCCCN=[N+]=[N-])NC(=O)CCCCCCCCCCC(=O)O. The summed E-state index contributed by atoms with van der Waals surface area (Å²) in [5.74, 6) is -1.33. The molecule has 0 aromatic heterocycles. The summed E-state index contributed by atoms with van der Waals surface area (Å²) in [4.78, 5) is 57.6. The van der Waals surface area contributed by atoms with Crippen LogP contribution in [0.25, 0.3) is 31.3 Å². The molecule has 0 aliphatic carbocycles. The Labute approximate surface area is 289 Å². The summed E-state index contributed by atoms with van der Waals surface area (Å²) in [6, 6.07) is 0. The summed E-state index contributed by atoms with van der Waals surface area (Å²) < 4.78 is 0. The summed E-state index contributed by atoms with van der Waals surface area (Å²) in [7, 11) is 0. The van der Waals surface area contributed by atoms with Crippen molar-refractivity contribution >= 4 is 23.7 Å². The standard InChI is InChI=1S/C31H57N13O5/c32-42-38-24-12-9-21-35-27(45)17-19-31(37-23-11-14-26-40-44-34,20-18-28(46)36-22-10-13-25-39-43-33)41-29(47)15-7-5-3-1-2-4-6-8-16-30(48)49/h37H,1-26H2,(H,35,45)(H,36,46)(H,41,47)(H,48,49). The third-order valence-corrected chi connectivity index (χ3v) is 7.83. The van der Waals surface area contributed by atoms with Gasteiger partial charge in [0.2, 0.25) is 17.7 Å². The van der Waals surface area contributed by atoms with Gasteiger partial charge in [0.25, 0.3) is 0 Å². The van der Waals surface area contributed by atoms with Crippen molar-refractivity contribution in [2.75, 3.05) is 39.3 Å². The lowest BCUT2D eigenvalue weighted by Crippen LogP contribution is -2.60. The molecule has 0 unspecified atom stereocenters. The predicted octanol–water partition coefficient (Wildman–Crippen LogP) is 6.44. The first-order valence-electron chi connectivity index (χ1n) is 17.6. The minimum atomic E-state index is -1.02. The van der Waals surface area contributed by atoms with Crippen LogP contribution >= 0.6 is 0 Å². The summed E-state index contributed by atoms with van der Waals surface area (Å²) in [6.07, 6.45) is 12.3. The Morgan fingerprint density at radius 2 is 0.918 bits per heavy atom. The van der Waals surface area contributed by atoms with E-state index in [1.807, 2.05) is 0 Å². The summed E-state index contributed by atoms with van der Waals surface area (Å²) in [5, 5.41) is 31.6. The number of nitrogens with one attached hydrogen (secondary N) is 4. The molecular formula is C31H57N13O5. The Kier molecular flexibility index (Phi) is 29.5. The molecule has 0 rings (SSSR count).